The molecule has 100 valence electrons. The molecule has 1 fully saturated rings. The zero-order chi connectivity index (χ0) is 13.4. The number of aliphatic hydroxyl groups excluding tert-OH is 1. The quantitative estimate of drug-likeness (QED) is 0.850. The van der Waals surface area contributed by atoms with Crippen LogP contribution in [0.3, 0.4) is 0 Å². The highest BCUT2D eigenvalue weighted by Gasteiger charge is 2.26. The maximum Gasteiger partial charge on any atom is 0.150 e. The summed E-state index contributed by atoms with van der Waals surface area (Å²) >= 11 is 0. The third-order valence-electron chi connectivity index (χ3n) is 3.88. The van der Waals surface area contributed by atoms with Crippen LogP contribution in [0.2, 0.25) is 0 Å². The number of para-hydroxylation sites is 2. The van der Waals surface area contributed by atoms with E-state index in [0.29, 0.717) is 0 Å². The number of aromatic nitrogens is 2. The van der Waals surface area contributed by atoms with E-state index in [1.807, 2.05) is 31.2 Å². The van der Waals surface area contributed by atoms with Gasteiger partial charge in [0.05, 0.1) is 22.8 Å². The molecule has 4 heteroatoms. The third-order valence-corrected chi connectivity index (χ3v) is 3.88. The van der Waals surface area contributed by atoms with Crippen LogP contribution in [0, 0.1) is 12.8 Å². The van der Waals surface area contributed by atoms with Crippen LogP contribution in [0.1, 0.15) is 19.0 Å². The lowest BCUT2D eigenvalue weighted by Crippen LogP contribution is -2.42. The monoisotopic (exact) mass is 257 g/mol. The molecule has 0 bridgehead atoms. The zero-order valence-electron chi connectivity index (χ0n) is 11.4. The van der Waals surface area contributed by atoms with Crippen molar-refractivity contribution in [1.82, 2.24) is 9.97 Å². The first-order valence-corrected chi connectivity index (χ1v) is 6.81. The third kappa shape index (κ3) is 2.28. The van der Waals surface area contributed by atoms with Crippen molar-refractivity contribution in [3.05, 3.63) is 30.0 Å². The van der Waals surface area contributed by atoms with Crippen LogP contribution in [0.25, 0.3) is 11.0 Å². The fourth-order valence-electron chi connectivity index (χ4n) is 2.70. The molecule has 2 unspecified atom stereocenters. The summed E-state index contributed by atoms with van der Waals surface area (Å²) in [5.41, 5.74) is 2.83. The predicted molar refractivity (Wildman–Crippen MR) is 76.3 cm³/mol. The summed E-state index contributed by atoms with van der Waals surface area (Å²) in [5, 5.41) is 9.82. The minimum atomic E-state index is -0.190. The zero-order valence-corrected chi connectivity index (χ0v) is 11.4. The highest BCUT2D eigenvalue weighted by Crippen LogP contribution is 2.25. The number of aliphatic hydroxyl groups is 1. The largest absolute Gasteiger partial charge is 0.393 e. The number of fused-ring (bicyclic) bond motifs is 1. The Morgan fingerprint density at radius 2 is 1.89 bits per heavy atom. The van der Waals surface area contributed by atoms with Crippen LogP contribution in [-0.2, 0) is 0 Å². The summed E-state index contributed by atoms with van der Waals surface area (Å²) in [4.78, 5) is 11.6. The van der Waals surface area contributed by atoms with Gasteiger partial charge in [0.15, 0.2) is 5.82 Å². The van der Waals surface area contributed by atoms with Gasteiger partial charge in [-0.05, 0) is 31.4 Å². The lowest BCUT2D eigenvalue weighted by atomic mass is 9.97. The number of aryl methyl sites for hydroxylation is 1. The fraction of sp³-hybridized carbons (Fsp3) is 0.467. The normalized spacial score (nSPS) is 23.8. The first-order valence-electron chi connectivity index (χ1n) is 6.81. The van der Waals surface area contributed by atoms with Crippen molar-refractivity contribution in [2.75, 3.05) is 18.0 Å². The van der Waals surface area contributed by atoms with E-state index in [9.17, 15) is 5.11 Å². The van der Waals surface area contributed by atoms with Crippen molar-refractivity contribution in [3.63, 3.8) is 0 Å². The molecule has 2 heterocycles. The first kappa shape index (κ1) is 12.4. The summed E-state index contributed by atoms with van der Waals surface area (Å²) in [6.07, 6.45) is 0.611. The van der Waals surface area contributed by atoms with Gasteiger partial charge >= 0.3 is 0 Å². The molecule has 1 aromatic heterocycles. The van der Waals surface area contributed by atoms with E-state index in [1.54, 1.807) is 0 Å². The molecular weight excluding hydrogens is 238 g/mol. The lowest BCUT2D eigenvalue weighted by molar-refractivity contribution is 0.0968. The number of hydrogen-bond donors (Lipinski definition) is 1. The molecule has 1 N–H and O–H groups in total. The van der Waals surface area contributed by atoms with E-state index in [-0.39, 0.29) is 12.0 Å². The summed E-state index contributed by atoms with van der Waals surface area (Å²) < 4.78 is 0. The van der Waals surface area contributed by atoms with Gasteiger partial charge in [0.25, 0.3) is 0 Å². The number of hydrogen-bond acceptors (Lipinski definition) is 4. The van der Waals surface area contributed by atoms with Crippen LogP contribution in [0.5, 0.6) is 0 Å². The van der Waals surface area contributed by atoms with Crippen LogP contribution in [-0.4, -0.2) is 34.3 Å². The number of nitrogens with zero attached hydrogens (tertiary/aromatic N) is 3. The number of rotatable bonds is 1. The van der Waals surface area contributed by atoms with Crippen LogP contribution in [0.4, 0.5) is 5.82 Å². The van der Waals surface area contributed by atoms with E-state index in [4.69, 9.17) is 4.98 Å². The molecule has 0 spiro atoms. The van der Waals surface area contributed by atoms with Gasteiger partial charge in [0, 0.05) is 13.1 Å². The second kappa shape index (κ2) is 4.78. The van der Waals surface area contributed by atoms with Gasteiger partial charge in [-0.2, -0.15) is 0 Å². The average molecular weight is 257 g/mol. The van der Waals surface area contributed by atoms with Crippen LogP contribution >= 0.6 is 0 Å². The maximum atomic E-state index is 9.82. The smallest absolute Gasteiger partial charge is 0.150 e. The molecule has 0 aliphatic carbocycles. The molecule has 1 saturated heterocycles. The van der Waals surface area contributed by atoms with E-state index in [1.165, 1.54) is 0 Å². The first-order chi connectivity index (χ1) is 9.15. The molecule has 19 heavy (non-hydrogen) atoms. The van der Waals surface area contributed by atoms with E-state index >= 15 is 0 Å². The maximum absolute atomic E-state index is 9.82. The van der Waals surface area contributed by atoms with Gasteiger partial charge in [-0.1, -0.05) is 19.1 Å². The van der Waals surface area contributed by atoms with Crippen molar-refractivity contribution in [2.45, 2.75) is 26.4 Å². The van der Waals surface area contributed by atoms with Crippen molar-refractivity contribution in [3.8, 4) is 0 Å². The van der Waals surface area contributed by atoms with E-state index in [2.05, 4.69) is 16.8 Å². The molecule has 0 amide bonds. The predicted octanol–water partition coefficient (Wildman–Crippen LogP) is 2.15. The lowest BCUT2D eigenvalue weighted by Gasteiger charge is -2.35. The molecule has 1 aliphatic heterocycles. The van der Waals surface area contributed by atoms with Gasteiger partial charge in [-0.3, -0.25) is 0 Å². The second-order valence-corrected chi connectivity index (χ2v) is 5.40. The SMILES string of the molecule is Cc1nc2ccccc2nc1N1CCC(O)C(C)C1. The minimum Gasteiger partial charge on any atom is -0.393 e. The Kier molecular flexibility index (Phi) is 3.11. The van der Waals surface area contributed by atoms with Crippen LogP contribution in [0.15, 0.2) is 24.3 Å². The molecule has 1 aromatic carbocycles. The van der Waals surface area contributed by atoms with Gasteiger partial charge in [-0.15, -0.1) is 0 Å². The van der Waals surface area contributed by atoms with Gasteiger partial charge in [0.1, 0.15) is 0 Å². The topological polar surface area (TPSA) is 49.2 Å². The number of benzene rings is 1. The Labute approximate surface area is 113 Å². The highest BCUT2D eigenvalue weighted by molar-refractivity contribution is 5.76. The summed E-state index contributed by atoms with van der Waals surface area (Å²) in [5.74, 6) is 1.24. The molecule has 3 rings (SSSR count). The Hall–Kier alpha value is -1.68. The Morgan fingerprint density at radius 1 is 1.21 bits per heavy atom. The van der Waals surface area contributed by atoms with Gasteiger partial charge in [0.2, 0.25) is 0 Å². The van der Waals surface area contributed by atoms with E-state index in [0.717, 1.165) is 42.1 Å². The van der Waals surface area contributed by atoms with Crippen molar-refractivity contribution < 1.29 is 5.11 Å². The van der Waals surface area contributed by atoms with Crippen molar-refractivity contribution >= 4 is 16.9 Å². The standard InChI is InChI=1S/C15H19N3O/c1-10-9-18(8-7-14(10)19)15-11(2)16-12-5-3-4-6-13(12)17-15/h3-6,10,14,19H,7-9H2,1-2H3. The van der Waals surface area contributed by atoms with Gasteiger partial charge in [-0.25, -0.2) is 9.97 Å². The summed E-state index contributed by atoms with van der Waals surface area (Å²) in [6, 6.07) is 7.95. The van der Waals surface area contributed by atoms with Crippen molar-refractivity contribution in [2.24, 2.45) is 5.92 Å². The second-order valence-electron chi connectivity index (χ2n) is 5.40. The van der Waals surface area contributed by atoms with Crippen molar-refractivity contribution in [1.29, 1.82) is 0 Å². The molecule has 4 nitrogen and oxygen atoms in total. The highest BCUT2D eigenvalue weighted by atomic mass is 16.3. The molecular formula is C15H19N3O. The number of anilines is 1. The summed E-state index contributed by atoms with van der Waals surface area (Å²) in [6.45, 7) is 5.78. The van der Waals surface area contributed by atoms with Crippen LogP contribution < -0.4 is 4.90 Å². The average Bonchev–Trinajstić information content (AvgIpc) is 2.41. The molecule has 0 saturated carbocycles. The molecule has 2 aromatic rings. The molecule has 1 aliphatic rings. The summed E-state index contributed by atoms with van der Waals surface area (Å²) in [7, 11) is 0. The Balaban J connectivity index is 1.98. The molecule has 0 radical (unpaired) electrons. The fourth-order valence-corrected chi connectivity index (χ4v) is 2.70. The number of piperidine rings is 1. The Morgan fingerprint density at radius 3 is 2.58 bits per heavy atom. The molecule has 2 atom stereocenters. The van der Waals surface area contributed by atoms with E-state index < -0.39 is 0 Å². The minimum absolute atomic E-state index is 0.190. The Bertz CT molecular complexity index is 599. The van der Waals surface area contributed by atoms with Gasteiger partial charge < -0.3 is 10.0 Å².